The highest BCUT2D eigenvalue weighted by Crippen LogP contribution is 2.19. The molecule has 1 saturated heterocycles. The van der Waals surface area contributed by atoms with Gasteiger partial charge in [0.05, 0.1) is 0 Å². The molecule has 0 amide bonds. The quantitative estimate of drug-likeness (QED) is 0.759. The smallest absolute Gasteiger partial charge is 0.323 e. The minimum absolute atomic E-state index is 0.0926. The number of aliphatic carboxylic acids is 1. The first kappa shape index (κ1) is 14.9. The lowest BCUT2D eigenvalue weighted by Crippen LogP contribution is -2.56. The Morgan fingerprint density at radius 2 is 2.30 bits per heavy atom. The van der Waals surface area contributed by atoms with Crippen molar-refractivity contribution in [2.75, 3.05) is 19.6 Å². The lowest BCUT2D eigenvalue weighted by atomic mass is 10.2. The molecule has 1 atom stereocenters. The van der Waals surface area contributed by atoms with Crippen LogP contribution in [0.5, 0.6) is 0 Å². The number of aryl methyl sites for hydroxylation is 2. The van der Waals surface area contributed by atoms with Gasteiger partial charge in [-0.2, -0.15) is 4.31 Å². The maximum absolute atomic E-state index is 12.5. The van der Waals surface area contributed by atoms with Gasteiger partial charge in [0.25, 0.3) is 10.0 Å². The fourth-order valence-corrected chi connectivity index (χ4v) is 3.81. The third-order valence-electron chi connectivity index (χ3n) is 3.35. The molecule has 0 saturated carbocycles. The fraction of sp³-hybridized carbons (Fsp3) is 0.636. The molecule has 9 heteroatoms. The first-order valence-corrected chi connectivity index (χ1v) is 7.81. The Kier molecular flexibility index (Phi) is 4.11. The molecule has 2 heterocycles. The first-order chi connectivity index (χ1) is 9.37. The van der Waals surface area contributed by atoms with Crippen LogP contribution in [-0.4, -0.2) is 59.0 Å². The second-order valence-corrected chi connectivity index (χ2v) is 6.42. The van der Waals surface area contributed by atoms with Crippen molar-refractivity contribution in [1.29, 1.82) is 0 Å². The molecule has 1 aliphatic rings. The Balaban J connectivity index is 2.39. The summed E-state index contributed by atoms with van der Waals surface area (Å²) < 4.78 is 27.8. The number of carboxylic acids is 1. The molecule has 0 aliphatic carbocycles. The minimum Gasteiger partial charge on any atom is -0.480 e. The molecule has 0 aromatic carbocycles. The van der Waals surface area contributed by atoms with E-state index >= 15 is 0 Å². The predicted octanol–water partition coefficient (Wildman–Crippen LogP) is -0.741. The Bertz CT molecular complexity index is 610. The minimum atomic E-state index is -3.89. The second-order valence-electron chi connectivity index (χ2n) is 4.59. The molecule has 8 nitrogen and oxygen atoms in total. The van der Waals surface area contributed by atoms with Crippen molar-refractivity contribution in [3.8, 4) is 0 Å². The van der Waals surface area contributed by atoms with Gasteiger partial charge in [0, 0.05) is 32.4 Å². The van der Waals surface area contributed by atoms with Crippen LogP contribution in [0.1, 0.15) is 12.7 Å². The van der Waals surface area contributed by atoms with Crippen molar-refractivity contribution in [2.24, 2.45) is 0 Å². The number of hydrogen-bond acceptors (Lipinski definition) is 5. The predicted molar refractivity (Wildman–Crippen MR) is 70.8 cm³/mol. The average molecular weight is 302 g/mol. The topological polar surface area (TPSA) is 105 Å². The van der Waals surface area contributed by atoms with E-state index in [-0.39, 0.29) is 18.1 Å². The SMILES string of the molecule is CCn1cc(S(=O)(=O)N2CCNCC2C(=O)O)nc1C. The van der Waals surface area contributed by atoms with Crippen LogP contribution in [0.4, 0.5) is 0 Å². The average Bonchev–Trinajstić information content (AvgIpc) is 2.80. The van der Waals surface area contributed by atoms with E-state index < -0.39 is 22.0 Å². The van der Waals surface area contributed by atoms with E-state index in [4.69, 9.17) is 5.11 Å². The van der Waals surface area contributed by atoms with Gasteiger partial charge >= 0.3 is 5.97 Å². The maximum Gasteiger partial charge on any atom is 0.323 e. The molecule has 20 heavy (non-hydrogen) atoms. The zero-order valence-electron chi connectivity index (χ0n) is 11.4. The number of sulfonamides is 1. The van der Waals surface area contributed by atoms with Crippen molar-refractivity contribution < 1.29 is 18.3 Å². The molecule has 0 spiro atoms. The molecule has 0 bridgehead atoms. The summed E-state index contributed by atoms with van der Waals surface area (Å²) in [6, 6.07) is -1.10. The van der Waals surface area contributed by atoms with Crippen molar-refractivity contribution in [2.45, 2.75) is 31.5 Å². The van der Waals surface area contributed by atoms with Gasteiger partial charge in [-0.25, -0.2) is 13.4 Å². The van der Waals surface area contributed by atoms with Gasteiger partial charge < -0.3 is 15.0 Å². The van der Waals surface area contributed by atoms with Gasteiger partial charge in [-0.3, -0.25) is 4.79 Å². The van der Waals surface area contributed by atoms with Crippen molar-refractivity contribution in [1.82, 2.24) is 19.2 Å². The van der Waals surface area contributed by atoms with Crippen molar-refractivity contribution in [3.63, 3.8) is 0 Å². The van der Waals surface area contributed by atoms with E-state index in [0.29, 0.717) is 18.9 Å². The molecule has 1 aliphatic heterocycles. The molecule has 2 rings (SSSR count). The Morgan fingerprint density at radius 3 is 2.85 bits per heavy atom. The fourth-order valence-electron chi connectivity index (χ4n) is 2.23. The summed E-state index contributed by atoms with van der Waals surface area (Å²) in [6.45, 7) is 4.86. The largest absolute Gasteiger partial charge is 0.480 e. The van der Waals surface area contributed by atoms with E-state index in [9.17, 15) is 13.2 Å². The van der Waals surface area contributed by atoms with Gasteiger partial charge in [-0.05, 0) is 13.8 Å². The van der Waals surface area contributed by atoms with Crippen LogP contribution in [0.25, 0.3) is 0 Å². The van der Waals surface area contributed by atoms with Crippen LogP contribution in [0, 0.1) is 6.92 Å². The standard InChI is InChI=1S/C11H18N4O4S/c1-3-14-7-10(13-8(14)2)20(18,19)15-5-4-12-6-9(15)11(16)17/h7,9,12H,3-6H2,1-2H3,(H,16,17). The number of nitrogens with zero attached hydrogens (tertiary/aromatic N) is 3. The number of carbonyl (C=O) groups is 1. The third kappa shape index (κ3) is 2.56. The van der Waals surface area contributed by atoms with Crippen molar-refractivity contribution in [3.05, 3.63) is 12.0 Å². The summed E-state index contributed by atoms with van der Waals surface area (Å²) in [5.41, 5.74) is 0. The Morgan fingerprint density at radius 1 is 1.60 bits per heavy atom. The van der Waals surface area contributed by atoms with E-state index in [1.54, 1.807) is 11.5 Å². The maximum atomic E-state index is 12.5. The van der Waals surface area contributed by atoms with Gasteiger partial charge in [0.15, 0.2) is 5.03 Å². The molecular weight excluding hydrogens is 284 g/mol. The Labute approximate surface area is 117 Å². The second kappa shape index (κ2) is 5.51. The number of rotatable bonds is 4. The van der Waals surface area contributed by atoms with Gasteiger partial charge in [-0.15, -0.1) is 0 Å². The summed E-state index contributed by atoms with van der Waals surface area (Å²) in [7, 11) is -3.89. The molecule has 112 valence electrons. The van der Waals surface area contributed by atoms with E-state index in [1.807, 2.05) is 6.92 Å². The number of imidazole rings is 1. The highest BCUT2D eigenvalue weighted by molar-refractivity contribution is 7.89. The lowest BCUT2D eigenvalue weighted by Gasteiger charge is -2.31. The van der Waals surface area contributed by atoms with Crippen LogP contribution in [-0.2, 0) is 21.4 Å². The molecule has 2 N–H and O–H groups in total. The summed E-state index contributed by atoms with van der Waals surface area (Å²) in [5, 5.41) is 11.9. The van der Waals surface area contributed by atoms with E-state index in [2.05, 4.69) is 10.3 Å². The number of piperazine rings is 1. The zero-order valence-corrected chi connectivity index (χ0v) is 12.2. The third-order valence-corrected chi connectivity index (χ3v) is 5.13. The number of hydrogen-bond donors (Lipinski definition) is 2. The normalized spacial score (nSPS) is 21.0. The van der Waals surface area contributed by atoms with Crippen LogP contribution in [0.15, 0.2) is 11.2 Å². The molecule has 0 radical (unpaired) electrons. The van der Waals surface area contributed by atoms with Crippen LogP contribution in [0.2, 0.25) is 0 Å². The first-order valence-electron chi connectivity index (χ1n) is 6.37. The van der Waals surface area contributed by atoms with Crippen LogP contribution in [0.3, 0.4) is 0 Å². The summed E-state index contributed by atoms with van der Waals surface area (Å²) in [6.07, 6.45) is 1.45. The summed E-state index contributed by atoms with van der Waals surface area (Å²) in [4.78, 5) is 15.2. The van der Waals surface area contributed by atoms with Gasteiger partial charge in [0.2, 0.25) is 0 Å². The molecule has 1 aromatic rings. The monoisotopic (exact) mass is 302 g/mol. The van der Waals surface area contributed by atoms with E-state index in [0.717, 1.165) is 4.31 Å². The molecule has 1 aromatic heterocycles. The molecule has 1 unspecified atom stereocenters. The van der Waals surface area contributed by atoms with E-state index in [1.165, 1.54) is 6.20 Å². The van der Waals surface area contributed by atoms with Gasteiger partial charge in [0.1, 0.15) is 11.9 Å². The zero-order chi connectivity index (χ0) is 14.9. The van der Waals surface area contributed by atoms with Crippen LogP contribution >= 0.6 is 0 Å². The number of aromatic nitrogens is 2. The van der Waals surface area contributed by atoms with Crippen LogP contribution < -0.4 is 5.32 Å². The van der Waals surface area contributed by atoms with Gasteiger partial charge in [-0.1, -0.05) is 0 Å². The highest BCUT2D eigenvalue weighted by Gasteiger charge is 2.38. The molecular formula is C11H18N4O4S. The molecule has 1 fully saturated rings. The van der Waals surface area contributed by atoms with Crippen molar-refractivity contribution >= 4 is 16.0 Å². The number of nitrogens with one attached hydrogen (secondary N) is 1. The Hall–Kier alpha value is -1.45. The summed E-state index contributed by atoms with van der Waals surface area (Å²) >= 11 is 0. The number of carboxylic acid groups (broad SMARTS) is 1. The lowest BCUT2D eigenvalue weighted by molar-refractivity contribution is -0.141. The highest BCUT2D eigenvalue weighted by atomic mass is 32.2. The summed E-state index contributed by atoms with van der Waals surface area (Å²) in [5.74, 6) is -0.569.